The summed E-state index contributed by atoms with van der Waals surface area (Å²) in [7, 11) is -3.59. The Balaban J connectivity index is 2.42. The minimum atomic E-state index is -3.59. The van der Waals surface area contributed by atoms with Crippen LogP contribution in [0.15, 0.2) is 0 Å². The molecule has 0 aromatic carbocycles. The van der Waals surface area contributed by atoms with Crippen molar-refractivity contribution in [2.75, 3.05) is 6.54 Å². The van der Waals surface area contributed by atoms with Gasteiger partial charge in [0.2, 0.25) is 0 Å². The minimum Gasteiger partial charge on any atom is -0.324 e. The predicted octanol–water partition coefficient (Wildman–Crippen LogP) is -0.559. The number of hydrogen-bond acceptors (Lipinski definition) is 3. The molecule has 0 bridgehead atoms. The summed E-state index contributed by atoms with van der Waals surface area (Å²) in [5.74, 6) is 0. The molecule has 0 radical (unpaired) electrons. The van der Waals surface area contributed by atoms with Gasteiger partial charge >= 0.3 is 0 Å². The summed E-state index contributed by atoms with van der Waals surface area (Å²) >= 11 is 0. The molecule has 0 unspecified atom stereocenters. The molecule has 1 fully saturated rings. The highest BCUT2D eigenvalue weighted by molar-refractivity contribution is 7.87. The van der Waals surface area contributed by atoms with Crippen LogP contribution in [-0.4, -0.2) is 20.5 Å². The highest BCUT2D eigenvalue weighted by atomic mass is 32.2. The maximum atomic E-state index is 10.6. The average molecular weight is 207 g/mol. The Hall–Kier alpha value is -0.170. The third-order valence-electron chi connectivity index (χ3n) is 2.47. The number of rotatable bonds is 3. The smallest absolute Gasteiger partial charge is 0.274 e. The highest BCUT2D eigenvalue weighted by Crippen LogP contribution is 2.25. The van der Waals surface area contributed by atoms with Gasteiger partial charge in [-0.25, -0.2) is 9.86 Å². The summed E-state index contributed by atoms with van der Waals surface area (Å²) < 4.78 is 23.5. The second kappa shape index (κ2) is 3.91. The fourth-order valence-electron chi connectivity index (χ4n) is 1.68. The van der Waals surface area contributed by atoms with E-state index in [1.54, 1.807) is 0 Å². The van der Waals surface area contributed by atoms with E-state index in [2.05, 4.69) is 4.72 Å². The van der Waals surface area contributed by atoms with Crippen LogP contribution in [0.2, 0.25) is 0 Å². The molecule has 1 rings (SSSR count). The van der Waals surface area contributed by atoms with E-state index in [0.29, 0.717) is 0 Å². The Kier molecular flexibility index (Phi) is 3.28. The predicted molar refractivity (Wildman–Crippen MR) is 51.1 cm³/mol. The quantitative estimate of drug-likeness (QED) is 0.578. The molecule has 0 spiro atoms. The Labute approximate surface area is 79.0 Å². The zero-order valence-corrected chi connectivity index (χ0v) is 8.44. The zero-order chi connectivity index (χ0) is 9.95. The van der Waals surface area contributed by atoms with Gasteiger partial charge in [0.25, 0.3) is 10.2 Å². The second-order valence-corrected chi connectivity index (χ2v) is 5.17. The molecular formula is C7H17N3O2S. The number of hydrogen-bond donors (Lipinski definition) is 3. The van der Waals surface area contributed by atoms with E-state index in [1.165, 1.54) is 6.42 Å². The standard InChI is InChI=1S/C7H17N3O2S/c8-7(4-2-1-3-5-7)6-10-13(9,11)12/h10H,1-6,8H2,(H2,9,11,12). The summed E-state index contributed by atoms with van der Waals surface area (Å²) in [4.78, 5) is 0. The third-order valence-corrected chi connectivity index (χ3v) is 3.02. The van der Waals surface area contributed by atoms with E-state index in [-0.39, 0.29) is 12.1 Å². The summed E-state index contributed by atoms with van der Waals surface area (Å²) in [5, 5.41) is 4.82. The third kappa shape index (κ3) is 4.04. The first-order chi connectivity index (χ1) is 5.91. The van der Waals surface area contributed by atoms with Crippen LogP contribution >= 0.6 is 0 Å². The van der Waals surface area contributed by atoms with Crippen molar-refractivity contribution in [3.63, 3.8) is 0 Å². The van der Waals surface area contributed by atoms with Gasteiger partial charge in [0.1, 0.15) is 0 Å². The van der Waals surface area contributed by atoms with E-state index in [0.717, 1.165) is 25.7 Å². The van der Waals surface area contributed by atoms with Crippen LogP contribution < -0.4 is 15.6 Å². The highest BCUT2D eigenvalue weighted by Gasteiger charge is 2.27. The second-order valence-electron chi connectivity index (χ2n) is 3.79. The van der Waals surface area contributed by atoms with Crippen LogP contribution in [0, 0.1) is 0 Å². The molecule has 0 atom stereocenters. The van der Waals surface area contributed by atoms with Crippen LogP contribution in [0.3, 0.4) is 0 Å². The molecule has 0 aromatic heterocycles. The van der Waals surface area contributed by atoms with Crippen molar-refractivity contribution in [1.29, 1.82) is 0 Å². The lowest BCUT2D eigenvalue weighted by Gasteiger charge is -2.33. The zero-order valence-electron chi connectivity index (χ0n) is 7.62. The van der Waals surface area contributed by atoms with Crippen molar-refractivity contribution >= 4 is 10.2 Å². The van der Waals surface area contributed by atoms with E-state index < -0.39 is 10.2 Å². The van der Waals surface area contributed by atoms with Gasteiger partial charge in [0, 0.05) is 12.1 Å². The van der Waals surface area contributed by atoms with Crippen LogP contribution in [0.4, 0.5) is 0 Å². The molecule has 13 heavy (non-hydrogen) atoms. The molecule has 5 N–H and O–H groups in total. The van der Waals surface area contributed by atoms with Crippen LogP contribution in [-0.2, 0) is 10.2 Å². The fraction of sp³-hybridized carbons (Fsp3) is 1.00. The lowest BCUT2D eigenvalue weighted by Crippen LogP contribution is -2.52. The van der Waals surface area contributed by atoms with Crippen molar-refractivity contribution < 1.29 is 8.42 Å². The molecule has 0 aliphatic heterocycles. The van der Waals surface area contributed by atoms with E-state index in [1.807, 2.05) is 0 Å². The Morgan fingerprint density at radius 3 is 2.23 bits per heavy atom. The normalized spacial score (nSPS) is 22.9. The molecule has 0 amide bonds. The van der Waals surface area contributed by atoms with Crippen molar-refractivity contribution in [3.8, 4) is 0 Å². The van der Waals surface area contributed by atoms with Gasteiger partial charge in [0.15, 0.2) is 0 Å². The molecule has 1 saturated carbocycles. The SMILES string of the molecule is NC1(CNS(N)(=O)=O)CCCCC1. The number of nitrogens with two attached hydrogens (primary N) is 2. The van der Waals surface area contributed by atoms with Crippen molar-refractivity contribution in [2.45, 2.75) is 37.6 Å². The largest absolute Gasteiger partial charge is 0.324 e. The minimum absolute atomic E-state index is 0.256. The van der Waals surface area contributed by atoms with Crippen molar-refractivity contribution in [3.05, 3.63) is 0 Å². The first-order valence-corrected chi connectivity index (χ1v) is 6.02. The van der Waals surface area contributed by atoms with Crippen molar-refractivity contribution in [2.24, 2.45) is 10.9 Å². The van der Waals surface area contributed by atoms with Gasteiger partial charge in [-0.3, -0.25) is 0 Å². The Bertz CT molecular complexity index is 257. The monoisotopic (exact) mass is 207 g/mol. The first-order valence-electron chi connectivity index (χ1n) is 4.48. The van der Waals surface area contributed by atoms with E-state index in [4.69, 9.17) is 10.9 Å². The molecule has 6 heteroatoms. The van der Waals surface area contributed by atoms with Crippen LogP contribution in [0.1, 0.15) is 32.1 Å². The lowest BCUT2D eigenvalue weighted by atomic mass is 9.83. The van der Waals surface area contributed by atoms with Gasteiger partial charge in [-0.2, -0.15) is 8.42 Å². The Morgan fingerprint density at radius 1 is 1.23 bits per heavy atom. The fourth-order valence-corrected chi connectivity index (χ4v) is 2.17. The van der Waals surface area contributed by atoms with E-state index >= 15 is 0 Å². The summed E-state index contributed by atoms with van der Waals surface area (Å²) in [6.45, 7) is 0.256. The molecule has 1 aliphatic carbocycles. The van der Waals surface area contributed by atoms with Gasteiger partial charge in [-0.15, -0.1) is 0 Å². The Morgan fingerprint density at radius 2 is 1.77 bits per heavy atom. The lowest BCUT2D eigenvalue weighted by molar-refractivity contribution is 0.296. The average Bonchev–Trinajstić information content (AvgIpc) is 2.02. The summed E-state index contributed by atoms with van der Waals surface area (Å²) in [6.07, 6.45) is 5.07. The van der Waals surface area contributed by atoms with Gasteiger partial charge in [0.05, 0.1) is 0 Å². The van der Waals surface area contributed by atoms with Crippen molar-refractivity contribution in [1.82, 2.24) is 4.72 Å². The maximum Gasteiger partial charge on any atom is 0.274 e. The molecule has 0 saturated heterocycles. The molecule has 0 aromatic rings. The molecular weight excluding hydrogens is 190 g/mol. The van der Waals surface area contributed by atoms with Crippen LogP contribution in [0.5, 0.6) is 0 Å². The van der Waals surface area contributed by atoms with Gasteiger partial charge in [-0.1, -0.05) is 19.3 Å². The van der Waals surface area contributed by atoms with Gasteiger partial charge in [-0.05, 0) is 12.8 Å². The summed E-state index contributed by atoms with van der Waals surface area (Å²) in [5.41, 5.74) is 5.60. The van der Waals surface area contributed by atoms with Crippen LogP contribution in [0.25, 0.3) is 0 Å². The topological polar surface area (TPSA) is 98.2 Å². The number of nitrogens with one attached hydrogen (secondary N) is 1. The molecule has 0 heterocycles. The van der Waals surface area contributed by atoms with Gasteiger partial charge < -0.3 is 5.73 Å². The summed E-state index contributed by atoms with van der Waals surface area (Å²) in [6, 6.07) is 0. The maximum absolute atomic E-state index is 10.6. The van der Waals surface area contributed by atoms with E-state index in [9.17, 15) is 8.42 Å². The first kappa shape index (κ1) is 10.9. The molecule has 5 nitrogen and oxygen atoms in total. The molecule has 1 aliphatic rings. The molecule has 78 valence electrons.